The Morgan fingerprint density at radius 1 is 1.00 bits per heavy atom. The minimum atomic E-state index is 0.452. The zero-order valence-corrected chi connectivity index (χ0v) is 15.6. The molecule has 1 aliphatic rings. The van der Waals surface area contributed by atoms with Crippen LogP contribution in [0.15, 0.2) is 52.3 Å². The van der Waals surface area contributed by atoms with Gasteiger partial charge in [0.2, 0.25) is 0 Å². The predicted molar refractivity (Wildman–Crippen MR) is 106 cm³/mol. The van der Waals surface area contributed by atoms with E-state index in [1.807, 2.05) is 30.3 Å². The van der Waals surface area contributed by atoms with Crippen LogP contribution in [-0.2, 0) is 0 Å². The summed E-state index contributed by atoms with van der Waals surface area (Å²) in [6, 6.07) is 14.4. The second-order valence-electron chi connectivity index (χ2n) is 6.62. The van der Waals surface area contributed by atoms with Crippen LogP contribution in [0.5, 0.6) is 5.75 Å². The van der Waals surface area contributed by atoms with Gasteiger partial charge in [-0.1, -0.05) is 24.2 Å². The third-order valence-electron chi connectivity index (χ3n) is 4.60. The smallest absolute Gasteiger partial charge is 0.120 e. The lowest BCUT2D eigenvalue weighted by molar-refractivity contribution is 0.125. The molecule has 0 amide bonds. The van der Waals surface area contributed by atoms with Gasteiger partial charge in [-0.3, -0.25) is 4.90 Å². The summed E-state index contributed by atoms with van der Waals surface area (Å²) in [7, 11) is 0. The van der Waals surface area contributed by atoms with Crippen molar-refractivity contribution < 1.29 is 4.74 Å². The number of piperidine rings is 1. The Balaban J connectivity index is 1.58. The van der Waals surface area contributed by atoms with Crippen molar-refractivity contribution in [3.63, 3.8) is 0 Å². The molecule has 1 unspecified atom stereocenters. The van der Waals surface area contributed by atoms with Crippen LogP contribution in [0.3, 0.4) is 0 Å². The summed E-state index contributed by atoms with van der Waals surface area (Å²) in [4.78, 5) is 4.73. The highest BCUT2D eigenvalue weighted by Gasteiger charge is 2.17. The van der Waals surface area contributed by atoms with Crippen molar-refractivity contribution in [1.29, 1.82) is 0 Å². The molecule has 0 aromatic heterocycles. The number of anilines is 2. The van der Waals surface area contributed by atoms with Gasteiger partial charge in [0.25, 0.3) is 0 Å². The average Bonchev–Trinajstić information content (AvgIpc) is 2.64. The average molecular weight is 358 g/mol. The number of nitrogens with two attached hydrogens (primary N) is 2. The molecule has 4 N–H and O–H groups in total. The number of hydrogen-bond donors (Lipinski definition) is 2. The second kappa shape index (κ2) is 8.50. The summed E-state index contributed by atoms with van der Waals surface area (Å²) >= 11 is 1.66. The van der Waals surface area contributed by atoms with E-state index in [-0.39, 0.29) is 0 Å². The summed E-state index contributed by atoms with van der Waals surface area (Å²) in [5.74, 6) is 0.914. The van der Waals surface area contributed by atoms with Gasteiger partial charge < -0.3 is 16.2 Å². The Morgan fingerprint density at radius 2 is 1.76 bits per heavy atom. The second-order valence-corrected chi connectivity index (χ2v) is 7.77. The fourth-order valence-electron chi connectivity index (χ4n) is 3.06. The van der Waals surface area contributed by atoms with E-state index in [0.29, 0.717) is 17.4 Å². The summed E-state index contributed by atoms with van der Waals surface area (Å²) < 4.78 is 6.04. The van der Waals surface area contributed by atoms with E-state index in [2.05, 4.69) is 24.0 Å². The van der Waals surface area contributed by atoms with Crippen molar-refractivity contribution in [3.8, 4) is 5.75 Å². The molecule has 1 fully saturated rings. The fraction of sp³-hybridized carbons (Fsp3) is 0.400. The van der Waals surface area contributed by atoms with Crippen molar-refractivity contribution in [2.75, 3.05) is 31.2 Å². The molecule has 3 rings (SSSR count). The van der Waals surface area contributed by atoms with Crippen LogP contribution in [0, 0.1) is 0 Å². The fourth-order valence-corrected chi connectivity index (χ4v) is 3.98. The number of likely N-dealkylation sites (tertiary alicyclic amines) is 1. The number of ether oxygens (including phenoxy) is 1. The molecule has 25 heavy (non-hydrogen) atoms. The number of nitrogens with zero attached hydrogens (tertiary/aromatic N) is 1. The third kappa shape index (κ3) is 5.06. The Labute approximate surface area is 154 Å². The molecule has 0 bridgehead atoms. The maximum atomic E-state index is 6.04. The Morgan fingerprint density at radius 3 is 2.52 bits per heavy atom. The first-order chi connectivity index (χ1) is 12.1. The van der Waals surface area contributed by atoms with Gasteiger partial charge in [-0.25, -0.2) is 0 Å². The lowest BCUT2D eigenvalue weighted by Gasteiger charge is -2.32. The van der Waals surface area contributed by atoms with Crippen LogP contribution in [0.1, 0.15) is 26.2 Å². The summed E-state index contributed by atoms with van der Waals surface area (Å²) in [5.41, 5.74) is 12.9. The van der Waals surface area contributed by atoms with Crippen molar-refractivity contribution in [2.24, 2.45) is 0 Å². The molecule has 0 radical (unpaired) electrons. The predicted octanol–water partition coefficient (Wildman–Crippen LogP) is 4.26. The zero-order chi connectivity index (χ0) is 17.6. The summed E-state index contributed by atoms with van der Waals surface area (Å²) in [6.07, 6.45) is 3.97. The van der Waals surface area contributed by atoms with Gasteiger partial charge in [-0.15, -0.1) is 0 Å². The molecule has 2 aromatic carbocycles. The molecule has 4 nitrogen and oxygen atoms in total. The molecular weight excluding hydrogens is 330 g/mol. The lowest BCUT2D eigenvalue weighted by atomic mass is 10.1. The molecular formula is C20H27N3OS. The Kier molecular flexibility index (Phi) is 6.10. The molecule has 134 valence electrons. The maximum absolute atomic E-state index is 6.04. The molecule has 1 atom stereocenters. The van der Waals surface area contributed by atoms with E-state index < -0.39 is 0 Å². The zero-order valence-electron chi connectivity index (χ0n) is 14.8. The maximum Gasteiger partial charge on any atom is 0.120 e. The minimum Gasteiger partial charge on any atom is -0.492 e. The number of rotatable bonds is 6. The van der Waals surface area contributed by atoms with Crippen molar-refractivity contribution in [3.05, 3.63) is 42.5 Å². The molecule has 1 saturated heterocycles. The first kappa shape index (κ1) is 18.0. The van der Waals surface area contributed by atoms with Crippen molar-refractivity contribution >= 4 is 23.1 Å². The normalized spacial score (nSPS) is 16.5. The van der Waals surface area contributed by atoms with E-state index in [1.54, 1.807) is 11.8 Å². The van der Waals surface area contributed by atoms with Gasteiger partial charge in [0.1, 0.15) is 12.4 Å². The molecule has 1 aliphatic heterocycles. The topological polar surface area (TPSA) is 64.5 Å². The molecule has 2 aromatic rings. The highest BCUT2D eigenvalue weighted by atomic mass is 32.2. The van der Waals surface area contributed by atoms with E-state index in [0.717, 1.165) is 22.1 Å². The summed E-state index contributed by atoms with van der Waals surface area (Å²) in [5, 5.41) is 0. The monoisotopic (exact) mass is 357 g/mol. The van der Waals surface area contributed by atoms with Gasteiger partial charge in [0.05, 0.1) is 11.4 Å². The standard InChI is InChI=1S/C20H27N3OS/c1-15(23-10-3-2-4-11-23)14-24-16-6-5-7-17(12-16)25-18-8-9-19(21)20(22)13-18/h5-9,12-13,15H,2-4,10-11,14,21-22H2,1H3. The Bertz CT molecular complexity index is 701. The van der Waals surface area contributed by atoms with Gasteiger partial charge in [0, 0.05) is 15.8 Å². The van der Waals surface area contributed by atoms with Crippen LogP contribution in [-0.4, -0.2) is 30.6 Å². The van der Waals surface area contributed by atoms with Gasteiger partial charge in [-0.2, -0.15) is 0 Å². The van der Waals surface area contributed by atoms with Crippen LogP contribution < -0.4 is 16.2 Å². The van der Waals surface area contributed by atoms with E-state index in [1.165, 1.54) is 32.4 Å². The minimum absolute atomic E-state index is 0.452. The highest BCUT2D eigenvalue weighted by Crippen LogP contribution is 2.32. The van der Waals surface area contributed by atoms with Gasteiger partial charge >= 0.3 is 0 Å². The number of benzene rings is 2. The molecule has 5 heteroatoms. The third-order valence-corrected chi connectivity index (χ3v) is 5.58. The highest BCUT2D eigenvalue weighted by molar-refractivity contribution is 7.99. The Hall–Kier alpha value is -1.85. The van der Waals surface area contributed by atoms with Crippen LogP contribution in [0.25, 0.3) is 0 Å². The van der Waals surface area contributed by atoms with E-state index in [9.17, 15) is 0 Å². The van der Waals surface area contributed by atoms with Crippen LogP contribution in [0.4, 0.5) is 11.4 Å². The molecule has 0 saturated carbocycles. The quantitative estimate of drug-likeness (QED) is 0.757. The van der Waals surface area contributed by atoms with Crippen molar-refractivity contribution in [2.45, 2.75) is 42.0 Å². The van der Waals surface area contributed by atoms with E-state index in [4.69, 9.17) is 16.2 Å². The first-order valence-electron chi connectivity index (χ1n) is 8.91. The van der Waals surface area contributed by atoms with Crippen LogP contribution in [0.2, 0.25) is 0 Å². The molecule has 1 heterocycles. The number of hydrogen-bond acceptors (Lipinski definition) is 5. The van der Waals surface area contributed by atoms with Crippen molar-refractivity contribution in [1.82, 2.24) is 4.90 Å². The molecule has 0 aliphatic carbocycles. The van der Waals surface area contributed by atoms with E-state index >= 15 is 0 Å². The summed E-state index contributed by atoms with van der Waals surface area (Å²) in [6.45, 7) is 5.36. The molecule has 0 spiro atoms. The van der Waals surface area contributed by atoms with Gasteiger partial charge in [-0.05, 0) is 69.3 Å². The van der Waals surface area contributed by atoms with Gasteiger partial charge in [0.15, 0.2) is 0 Å². The lowest BCUT2D eigenvalue weighted by Crippen LogP contribution is -2.40. The first-order valence-corrected chi connectivity index (χ1v) is 9.73. The number of nitrogen functional groups attached to an aromatic ring is 2. The SMILES string of the molecule is CC(COc1cccc(Sc2ccc(N)c(N)c2)c1)N1CCCCC1. The van der Waals surface area contributed by atoms with Crippen LogP contribution >= 0.6 is 11.8 Å². The largest absolute Gasteiger partial charge is 0.492 e.